The molecule has 0 saturated heterocycles. The molecule has 1 amide bonds. The van der Waals surface area contributed by atoms with Gasteiger partial charge in [-0.2, -0.15) is 5.10 Å². The van der Waals surface area contributed by atoms with Gasteiger partial charge in [0.15, 0.2) is 5.82 Å². The first-order chi connectivity index (χ1) is 14.8. The van der Waals surface area contributed by atoms with Crippen molar-refractivity contribution in [2.24, 2.45) is 0 Å². The molecule has 0 saturated carbocycles. The van der Waals surface area contributed by atoms with Gasteiger partial charge in [-0.3, -0.25) is 4.79 Å². The maximum absolute atomic E-state index is 13.0. The molecule has 172 valence electrons. The predicted octanol–water partition coefficient (Wildman–Crippen LogP) is 3.50. The number of hydrogen-bond acceptors (Lipinski definition) is 6. The topological polar surface area (TPSA) is 120 Å². The average molecular weight is 458 g/mol. The van der Waals surface area contributed by atoms with Crippen molar-refractivity contribution < 1.29 is 14.6 Å². The number of nitrogens with one attached hydrogen (secondary N) is 1. The summed E-state index contributed by atoms with van der Waals surface area (Å²) in [6.45, 7) is 12.1. The second-order valence-corrected chi connectivity index (χ2v) is 10.7. The lowest BCUT2D eigenvalue weighted by Gasteiger charge is -2.14. The minimum Gasteiger partial charge on any atom is -0.399 e. The summed E-state index contributed by atoms with van der Waals surface area (Å²) in [5, 5.41) is 4.55. The molecule has 0 spiro atoms. The minimum absolute atomic E-state index is 0. The van der Waals surface area contributed by atoms with Crippen LogP contribution in [0.2, 0.25) is 0 Å². The van der Waals surface area contributed by atoms with Gasteiger partial charge in [0.05, 0.1) is 11.4 Å². The normalized spacial score (nSPS) is 12.1. The first-order valence-corrected chi connectivity index (χ1v) is 11.7. The van der Waals surface area contributed by atoms with Crippen molar-refractivity contribution in [2.45, 2.75) is 58.4 Å². The van der Waals surface area contributed by atoms with Gasteiger partial charge in [0, 0.05) is 12.5 Å². The number of rotatable bonds is 5. The van der Waals surface area contributed by atoms with Crippen LogP contribution in [0.1, 0.15) is 60.9 Å². The van der Waals surface area contributed by atoms with Gasteiger partial charge in [0.2, 0.25) is 5.82 Å². The van der Waals surface area contributed by atoms with E-state index in [4.69, 9.17) is 5.73 Å². The molecule has 0 aliphatic rings. The SMILES string of the molecule is Cc1cc(C)c(Cn2nc(C(C)(C)C)nc2C(=O)NS(=O)(=O)c2cccc(N)c2)c(C)c1.[HH]. The number of sulfonamides is 1. The van der Waals surface area contributed by atoms with Crippen LogP contribution in [0.5, 0.6) is 0 Å². The summed E-state index contributed by atoms with van der Waals surface area (Å²) in [5.74, 6) is -0.467. The van der Waals surface area contributed by atoms with Gasteiger partial charge in [0.25, 0.3) is 10.0 Å². The van der Waals surface area contributed by atoms with Gasteiger partial charge in [-0.15, -0.1) is 0 Å². The molecule has 3 N–H and O–H groups in total. The molecule has 0 radical (unpaired) electrons. The van der Waals surface area contributed by atoms with Crippen molar-refractivity contribution in [1.29, 1.82) is 0 Å². The van der Waals surface area contributed by atoms with Gasteiger partial charge in [0.1, 0.15) is 0 Å². The highest BCUT2D eigenvalue weighted by Gasteiger charge is 2.28. The second-order valence-electron chi connectivity index (χ2n) is 9.05. The maximum Gasteiger partial charge on any atom is 0.302 e. The van der Waals surface area contributed by atoms with E-state index in [-0.39, 0.29) is 17.8 Å². The number of carbonyl (C=O) groups is 1. The summed E-state index contributed by atoms with van der Waals surface area (Å²) < 4.78 is 29.1. The number of nitrogens with zero attached hydrogens (tertiary/aromatic N) is 3. The zero-order chi connectivity index (χ0) is 23.8. The van der Waals surface area contributed by atoms with E-state index in [9.17, 15) is 13.2 Å². The fraction of sp³-hybridized carbons (Fsp3) is 0.348. The van der Waals surface area contributed by atoms with Gasteiger partial charge < -0.3 is 5.73 Å². The van der Waals surface area contributed by atoms with E-state index in [0.717, 1.165) is 22.3 Å². The molecule has 0 bridgehead atoms. The summed E-state index contributed by atoms with van der Waals surface area (Å²) in [5.41, 5.74) is 9.83. The molecule has 0 fully saturated rings. The van der Waals surface area contributed by atoms with Crippen LogP contribution >= 0.6 is 0 Å². The first kappa shape index (κ1) is 23.5. The van der Waals surface area contributed by atoms with Crippen molar-refractivity contribution in [3.63, 3.8) is 0 Å². The molecule has 2 aromatic carbocycles. The minimum atomic E-state index is -4.13. The largest absolute Gasteiger partial charge is 0.399 e. The molecule has 1 heterocycles. The van der Waals surface area contributed by atoms with Crippen molar-refractivity contribution in [3.05, 3.63) is 70.3 Å². The van der Waals surface area contributed by atoms with Gasteiger partial charge in [-0.1, -0.05) is 44.5 Å². The van der Waals surface area contributed by atoms with Gasteiger partial charge >= 0.3 is 5.91 Å². The second kappa shape index (κ2) is 8.38. The number of nitrogens with two attached hydrogens (primary N) is 1. The molecule has 32 heavy (non-hydrogen) atoms. The van der Waals surface area contributed by atoms with E-state index in [1.54, 1.807) is 6.07 Å². The third kappa shape index (κ3) is 4.99. The Bertz CT molecular complexity index is 1270. The van der Waals surface area contributed by atoms with Crippen molar-refractivity contribution in [3.8, 4) is 0 Å². The number of hydrogen-bond donors (Lipinski definition) is 2. The van der Waals surface area contributed by atoms with Crippen LogP contribution < -0.4 is 10.5 Å². The van der Waals surface area contributed by atoms with E-state index in [0.29, 0.717) is 12.4 Å². The highest BCUT2D eigenvalue weighted by molar-refractivity contribution is 7.90. The molecular formula is C23H31N5O3S. The molecule has 3 rings (SSSR count). The molecular weight excluding hydrogens is 426 g/mol. The Morgan fingerprint density at radius 2 is 1.75 bits per heavy atom. The average Bonchev–Trinajstić information content (AvgIpc) is 3.09. The van der Waals surface area contributed by atoms with E-state index < -0.39 is 21.3 Å². The fourth-order valence-corrected chi connectivity index (χ4v) is 4.46. The number of amides is 1. The molecule has 0 aliphatic heterocycles. The van der Waals surface area contributed by atoms with Crippen molar-refractivity contribution in [1.82, 2.24) is 19.5 Å². The van der Waals surface area contributed by atoms with Crippen LogP contribution in [0, 0.1) is 20.8 Å². The number of anilines is 1. The van der Waals surface area contributed by atoms with E-state index >= 15 is 0 Å². The Balaban J connectivity index is 0.00000385. The fourth-order valence-electron chi connectivity index (χ4n) is 3.46. The summed E-state index contributed by atoms with van der Waals surface area (Å²) in [6.07, 6.45) is 0. The van der Waals surface area contributed by atoms with Crippen LogP contribution in [-0.2, 0) is 22.0 Å². The Morgan fingerprint density at radius 1 is 1.12 bits per heavy atom. The molecule has 0 aliphatic carbocycles. The van der Waals surface area contributed by atoms with Crippen LogP contribution in [0.15, 0.2) is 41.3 Å². The van der Waals surface area contributed by atoms with Gasteiger partial charge in [-0.25, -0.2) is 22.8 Å². The number of aromatic nitrogens is 3. The van der Waals surface area contributed by atoms with Crippen molar-refractivity contribution >= 4 is 21.6 Å². The zero-order valence-corrected chi connectivity index (χ0v) is 20.0. The Morgan fingerprint density at radius 3 is 2.31 bits per heavy atom. The zero-order valence-electron chi connectivity index (χ0n) is 19.2. The van der Waals surface area contributed by atoms with E-state index in [1.807, 2.05) is 41.5 Å². The quantitative estimate of drug-likeness (QED) is 0.566. The lowest BCUT2D eigenvalue weighted by atomic mass is 9.96. The van der Waals surface area contributed by atoms with E-state index in [1.165, 1.54) is 22.9 Å². The summed E-state index contributed by atoms with van der Waals surface area (Å²) in [6, 6.07) is 9.87. The molecule has 0 atom stereocenters. The molecule has 9 heteroatoms. The maximum atomic E-state index is 13.0. The highest BCUT2D eigenvalue weighted by Crippen LogP contribution is 2.22. The summed E-state index contributed by atoms with van der Waals surface area (Å²) in [4.78, 5) is 17.4. The van der Waals surface area contributed by atoms with Gasteiger partial charge in [-0.05, 0) is 55.7 Å². The standard InChI is InChI=1S/C23H29N5O3S.H2/c1-14-10-15(2)19(16(3)11-14)13-28-20(25-22(26-28)23(4,5)6)21(29)27-32(30,31)18-9-7-8-17(24)12-18;/h7-12H,13,24H2,1-6H3,(H,27,29);1H. The number of benzene rings is 2. The predicted molar refractivity (Wildman–Crippen MR) is 126 cm³/mol. The summed E-state index contributed by atoms with van der Waals surface area (Å²) >= 11 is 0. The molecule has 0 unspecified atom stereocenters. The summed E-state index contributed by atoms with van der Waals surface area (Å²) in [7, 11) is -4.13. The van der Waals surface area contributed by atoms with Crippen LogP contribution in [0.25, 0.3) is 0 Å². The van der Waals surface area contributed by atoms with Crippen molar-refractivity contribution in [2.75, 3.05) is 5.73 Å². The number of aryl methyl sites for hydroxylation is 3. The lowest BCUT2D eigenvalue weighted by Crippen LogP contribution is -2.33. The third-order valence-electron chi connectivity index (χ3n) is 5.09. The Labute approximate surface area is 190 Å². The highest BCUT2D eigenvalue weighted by atomic mass is 32.2. The van der Waals surface area contributed by atoms with Crippen LogP contribution in [-0.4, -0.2) is 29.1 Å². The molecule has 1 aromatic heterocycles. The Kier molecular flexibility index (Phi) is 6.15. The monoisotopic (exact) mass is 457 g/mol. The molecule has 3 aromatic rings. The van der Waals surface area contributed by atoms with Crippen LogP contribution in [0.3, 0.4) is 0 Å². The number of nitrogen functional groups attached to an aromatic ring is 1. The molecule has 8 nitrogen and oxygen atoms in total. The Hall–Kier alpha value is -3.20. The first-order valence-electron chi connectivity index (χ1n) is 10.2. The lowest BCUT2D eigenvalue weighted by molar-refractivity contribution is 0.0966. The van der Waals surface area contributed by atoms with Crippen LogP contribution in [0.4, 0.5) is 5.69 Å². The third-order valence-corrected chi connectivity index (χ3v) is 6.42. The van der Waals surface area contributed by atoms with E-state index in [2.05, 4.69) is 26.9 Å². The smallest absolute Gasteiger partial charge is 0.302 e. The number of carbonyl (C=O) groups excluding carboxylic acids is 1.